The zero-order valence-corrected chi connectivity index (χ0v) is 20.7. The van der Waals surface area contributed by atoms with Gasteiger partial charge in [-0.25, -0.2) is 24.7 Å². The summed E-state index contributed by atoms with van der Waals surface area (Å²) in [6.45, 7) is 0. The molecule has 10 heteroatoms. The van der Waals surface area contributed by atoms with Crippen LogP contribution in [-0.2, 0) is 4.74 Å². The van der Waals surface area contributed by atoms with Crippen LogP contribution in [0.4, 0.5) is 0 Å². The molecule has 4 aromatic rings. The van der Waals surface area contributed by atoms with E-state index < -0.39 is 0 Å². The van der Waals surface area contributed by atoms with Crippen molar-refractivity contribution in [3.05, 3.63) is 69.6 Å². The highest BCUT2D eigenvalue weighted by atomic mass is 35.5. The van der Waals surface area contributed by atoms with E-state index in [0.717, 1.165) is 29.4 Å². The van der Waals surface area contributed by atoms with E-state index in [4.69, 9.17) is 39.5 Å². The fraction of sp³-hybridized carbons (Fsp3) is 0.292. The highest BCUT2D eigenvalue weighted by Crippen LogP contribution is 2.43. The number of carbonyl (C=O) groups excluding carboxylic acids is 1. The number of aromatic nitrogens is 5. The van der Waals surface area contributed by atoms with Crippen molar-refractivity contribution in [2.24, 2.45) is 0 Å². The highest BCUT2D eigenvalue weighted by Gasteiger charge is 2.26. The molecule has 0 atom stereocenters. The average Bonchev–Trinajstić information content (AvgIpc) is 3.25. The zero-order chi connectivity index (χ0) is 24.1. The molecule has 176 valence electrons. The van der Waals surface area contributed by atoms with E-state index in [0.29, 0.717) is 22.3 Å². The van der Waals surface area contributed by atoms with Crippen LogP contribution in [0.15, 0.2) is 43.0 Å². The molecule has 0 spiro atoms. The van der Waals surface area contributed by atoms with Gasteiger partial charge in [0.2, 0.25) is 0 Å². The summed E-state index contributed by atoms with van der Waals surface area (Å²) in [5, 5.41) is 1.98. The Bertz CT molecular complexity index is 1280. The van der Waals surface area contributed by atoms with Crippen molar-refractivity contribution in [3.8, 4) is 11.4 Å². The number of halogens is 3. The second-order valence-electron chi connectivity index (χ2n) is 7.83. The lowest BCUT2D eigenvalue weighted by molar-refractivity contribution is 0.0601. The van der Waals surface area contributed by atoms with Crippen LogP contribution < -0.4 is 0 Å². The molecule has 0 unspecified atom stereocenters. The summed E-state index contributed by atoms with van der Waals surface area (Å²) in [7, 11) is 1.39. The molecule has 1 aromatic carbocycles. The van der Waals surface area contributed by atoms with Crippen LogP contribution >= 0.6 is 34.8 Å². The Labute approximate surface area is 211 Å². The number of carbonyl (C=O) groups is 1. The van der Waals surface area contributed by atoms with Crippen LogP contribution in [0, 0.1) is 0 Å². The first-order valence-electron chi connectivity index (χ1n) is 10.8. The molecular formula is C24H22Cl3N5O2. The van der Waals surface area contributed by atoms with E-state index in [2.05, 4.69) is 24.9 Å². The summed E-state index contributed by atoms with van der Waals surface area (Å²) < 4.78 is 4.85. The smallest absolute Gasteiger partial charge is 0.337 e. The summed E-state index contributed by atoms with van der Waals surface area (Å²) in [5.74, 6) is 0.106. The Morgan fingerprint density at radius 2 is 1.53 bits per heavy atom. The number of rotatable bonds is 3. The second kappa shape index (κ2) is 11.1. The molecule has 34 heavy (non-hydrogen) atoms. The minimum atomic E-state index is -0.347. The third kappa shape index (κ3) is 5.32. The quantitative estimate of drug-likeness (QED) is 0.297. The lowest BCUT2D eigenvalue weighted by Gasteiger charge is -2.22. The number of nitrogens with zero attached hydrogens (tertiary/aromatic N) is 4. The number of hydrogen-bond donors (Lipinski definition) is 1. The molecule has 5 rings (SSSR count). The Morgan fingerprint density at radius 1 is 0.912 bits per heavy atom. The molecule has 1 saturated carbocycles. The lowest BCUT2D eigenvalue weighted by Crippen LogP contribution is -2.06. The molecule has 0 aliphatic heterocycles. The van der Waals surface area contributed by atoms with Crippen molar-refractivity contribution in [3.63, 3.8) is 0 Å². The van der Waals surface area contributed by atoms with Crippen molar-refractivity contribution in [1.29, 1.82) is 0 Å². The third-order valence-corrected chi connectivity index (χ3v) is 6.70. The van der Waals surface area contributed by atoms with Crippen LogP contribution in [0.5, 0.6) is 0 Å². The molecule has 1 fully saturated rings. The summed E-state index contributed by atoms with van der Waals surface area (Å²) in [4.78, 5) is 31.3. The second-order valence-corrected chi connectivity index (χ2v) is 8.91. The van der Waals surface area contributed by atoms with E-state index in [1.807, 2.05) is 18.2 Å². The number of ether oxygens (including phenoxy) is 1. The molecule has 0 bridgehead atoms. The fourth-order valence-electron chi connectivity index (χ4n) is 4.26. The van der Waals surface area contributed by atoms with Gasteiger partial charge in [-0.3, -0.25) is 0 Å². The monoisotopic (exact) mass is 517 g/mol. The minimum Gasteiger partial charge on any atom is -0.465 e. The molecule has 3 aromatic heterocycles. The average molecular weight is 519 g/mol. The predicted molar refractivity (Wildman–Crippen MR) is 134 cm³/mol. The van der Waals surface area contributed by atoms with Crippen LogP contribution in [0.25, 0.3) is 22.3 Å². The van der Waals surface area contributed by atoms with E-state index in [-0.39, 0.29) is 16.3 Å². The maximum absolute atomic E-state index is 11.9. The first-order valence-corrected chi connectivity index (χ1v) is 12.0. The van der Waals surface area contributed by atoms with Crippen molar-refractivity contribution >= 4 is 51.7 Å². The number of esters is 1. The molecule has 0 amide bonds. The Kier molecular flexibility index (Phi) is 7.98. The molecule has 7 nitrogen and oxygen atoms in total. The van der Waals surface area contributed by atoms with E-state index in [9.17, 15) is 4.79 Å². The van der Waals surface area contributed by atoms with E-state index in [1.165, 1.54) is 44.3 Å². The van der Waals surface area contributed by atoms with Gasteiger partial charge in [-0.15, -0.1) is 0 Å². The van der Waals surface area contributed by atoms with Gasteiger partial charge in [0.1, 0.15) is 5.69 Å². The van der Waals surface area contributed by atoms with Gasteiger partial charge >= 0.3 is 5.97 Å². The predicted octanol–water partition coefficient (Wildman–Crippen LogP) is 6.90. The molecule has 0 radical (unpaired) electrons. The Morgan fingerprint density at radius 3 is 2.12 bits per heavy atom. The number of methoxy groups -OCH3 is 1. The van der Waals surface area contributed by atoms with Crippen molar-refractivity contribution in [2.75, 3.05) is 7.11 Å². The van der Waals surface area contributed by atoms with Gasteiger partial charge < -0.3 is 9.72 Å². The largest absolute Gasteiger partial charge is 0.465 e. The van der Waals surface area contributed by atoms with Crippen LogP contribution in [0.2, 0.25) is 15.5 Å². The number of H-pyrrole nitrogens is 1. The molecular weight excluding hydrogens is 497 g/mol. The van der Waals surface area contributed by atoms with Gasteiger partial charge in [-0.05, 0) is 36.5 Å². The standard InChI is InChI=1S/C20H20ClN3O2.C4H2Cl2N2/c1-26-20(25)13-7-8-14-15(11-13)24-17(18-19(21)23-10-9-22-18)16(14)12-5-3-2-4-6-12;5-3-4(6)8-2-1-7-3/h7-12,24H,2-6H2,1H3;1-2H. The number of hydrogen-bond acceptors (Lipinski definition) is 6. The number of fused-ring (bicyclic) bond motifs is 1. The van der Waals surface area contributed by atoms with Gasteiger partial charge in [-0.2, -0.15) is 0 Å². The molecule has 3 heterocycles. The van der Waals surface area contributed by atoms with Crippen molar-refractivity contribution < 1.29 is 9.53 Å². The summed E-state index contributed by atoms with van der Waals surface area (Å²) in [6, 6.07) is 5.65. The van der Waals surface area contributed by atoms with Crippen LogP contribution in [0.3, 0.4) is 0 Å². The fourth-order valence-corrected chi connectivity index (χ4v) is 4.67. The molecule has 1 N–H and O–H groups in total. The summed E-state index contributed by atoms with van der Waals surface area (Å²) >= 11 is 17.1. The number of nitrogens with one attached hydrogen (secondary N) is 1. The minimum absolute atomic E-state index is 0.245. The van der Waals surface area contributed by atoms with Crippen LogP contribution in [-0.4, -0.2) is 38.0 Å². The summed E-state index contributed by atoms with van der Waals surface area (Å²) in [6.07, 6.45) is 12.2. The van der Waals surface area contributed by atoms with Gasteiger partial charge in [0, 0.05) is 35.7 Å². The number of benzene rings is 1. The van der Waals surface area contributed by atoms with E-state index >= 15 is 0 Å². The van der Waals surface area contributed by atoms with Crippen LogP contribution in [0.1, 0.15) is 53.9 Å². The first-order chi connectivity index (χ1) is 16.5. The van der Waals surface area contributed by atoms with Gasteiger partial charge in [0.05, 0.1) is 18.4 Å². The maximum atomic E-state index is 11.9. The first kappa shape index (κ1) is 24.4. The zero-order valence-electron chi connectivity index (χ0n) is 18.4. The Hall–Kier alpha value is -2.74. The normalized spacial score (nSPS) is 13.9. The highest BCUT2D eigenvalue weighted by molar-refractivity contribution is 6.40. The molecule has 1 aliphatic carbocycles. The maximum Gasteiger partial charge on any atom is 0.337 e. The van der Waals surface area contributed by atoms with Gasteiger partial charge in [0.25, 0.3) is 0 Å². The SMILES string of the molecule is COC(=O)c1ccc2c(C3CCCCC3)c(-c3nccnc3Cl)[nH]c2c1.Clc1nccnc1Cl. The summed E-state index contributed by atoms with van der Waals surface area (Å²) in [5.41, 5.74) is 4.22. The van der Waals surface area contributed by atoms with Gasteiger partial charge in [0.15, 0.2) is 15.5 Å². The Balaban J connectivity index is 0.000000291. The lowest BCUT2D eigenvalue weighted by atomic mass is 9.82. The third-order valence-electron chi connectivity index (χ3n) is 5.78. The molecule has 0 saturated heterocycles. The molecule has 1 aliphatic rings. The number of aromatic amines is 1. The van der Waals surface area contributed by atoms with Crippen molar-refractivity contribution in [2.45, 2.75) is 38.0 Å². The van der Waals surface area contributed by atoms with E-state index in [1.54, 1.807) is 12.4 Å². The topological polar surface area (TPSA) is 93.7 Å². The van der Waals surface area contributed by atoms with Crippen molar-refractivity contribution in [1.82, 2.24) is 24.9 Å². The van der Waals surface area contributed by atoms with Gasteiger partial charge in [-0.1, -0.05) is 60.1 Å².